The van der Waals surface area contributed by atoms with Crippen LogP contribution in [0.15, 0.2) is 11.2 Å². The molecule has 0 fully saturated rings. The van der Waals surface area contributed by atoms with E-state index in [4.69, 9.17) is 5.41 Å². The monoisotopic (exact) mass is 262 g/mol. The van der Waals surface area contributed by atoms with Gasteiger partial charge in [-0.15, -0.1) is 0 Å². The van der Waals surface area contributed by atoms with Gasteiger partial charge in [0.05, 0.1) is 10.4 Å². The molecule has 0 aromatic carbocycles. The first-order valence-electron chi connectivity index (χ1n) is 2.97. The van der Waals surface area contributed by atoms with Crippen molar-refractivity contribution in [1.29, 1.82) is 5.41 Å². The lowest BCUT2D eigenvalue weighted by atomic mass is 10.4. The summed E-state index contributed by atoms with van der Waals surface area (Å²) in [5.41, 5.74) is 0.974. The lowest BCUT2D eigenvalue weighted by Crippen LogP contribution is -1.94. The molecule has 0 bridgehead atoms. The summed E-state index contributed by atoms with van der Waals surface area (Å²) < 4.78 is 3.08. The van der Waals surface area contributed by atoms with Gasteiger partial charge in [-0.3, -0.25) is 5.41 Å². The summed E-state index contributed by atoms with van der Waals surface area (Å²) in [6, 6.07) is 0. The molecule has 0 aliphatic heterocycles. The van der Waals surface area contributed by atoms with Crippen LogP contribution < -0.4 is 0 Å². The topological polar surface area (TPSA) is 54.0 Å². The number of halogens is 1. The van der Waals surface area contributed by atoms with Gasteiger partial charge in [0, 0.05) is 5.56 Å². The number of aryl methyl sites for hydroxylation is 1. The molecule has 1 N–H and O–H groups in total. The van der Waals surface area contributed by atoms with Gasteiger partial charge < -0.3 is 0 Å². The summed E-state index contributed by atoms with van der Waals surface area (Å²) in [5, 5.41) is 10.9. The van der Waals surface area contributed by atoms with Crippen molar-refractivity contribution in [2.24, 2.45) is 4.99 Å². The summed E-state index contributed by atoms with van der Waals surface area (Å²) in [5.74, 6) is 0.717. The number of nitrogens with one attached hydrogen (secondary N) is 1. The smallest absolute Gasteiger partial charge is 0.160 e. The number of nitrogens with zero attached hydrogens (tertiary/aromatic N) is 3. The standard InChI is InChI=1S/C6H7IN4/c1-5-2-10-11(4-8)6(5)9-3-7/h2-4,8H,1H3/b8-4?,9-3-. The Morgan fingerprint density at radius 3 is 3.09 bits per heavy atom. The van der Waals surface area contributed by atoms with Gasteiger partial charge in [-0.25, -0.2) is 9.67 Å². The van der Waals surface area contributed by atoms with Crippen LogP contribution in [0.25, 0.3) is 0 Å². The lowest BCUT2D eigenvalue weighted by molar-refractivity contribution is 0.948. The molecule has 58 valence electrons. The third-order valence-corrected chi connectivity index (χ3v) is 1.52. The van der Waals surface area contributed by atoms with Crippen LogP contribution in [0.4, 0.5) is 5.82 Å². The van der Waals surface area contributed by atoms with Crippen LogP contribution in [0, 0.1) is 12.3 Å². The van der Waals surface area contributed by atoms with Crippen LogP contribution >= 0.6 is 22.6 Å². The van der Waals surface area contributed by atoms with Gasteiger partial charge in [0.25, 0.3) is 0 Å². The van der Waals surface area contributed by atoms with Crippen molar-refractivity contribution in [2.45, 2.75) is 6.92 Å². The Balaban J connectivity index is 3.17. The Labute approximate surface area is 78.0 Å². The van der Waals surface area contributed by atoms with Gasteiger partial charge in [0.1, 0.15) is 6.34 Å². The molecule has 0 amide bonds. The molecular formula is C6H7IN4. The molecule has 5 heteroatoms. The van der Waals surface area contributed by atoms with Crippen LogP contribution in [-0.4, -0.2) is 20.3 Å². The second kappa shape index (κ2) is 3.61. The Bertz CT molecular complexity index is 289. The maximum atomic E-state index is 6.98. The van der Waals surface area contributed by atoms with E-state index in [-0.39, 0.29) is 0 Å². The molecule has 0 saturated carbocycles. The van der Waals surface area contributed by atoms with Crippen molar-refractivity contribution in [1.82, 2.24) is 9.78 Å². The molecule has 1 heterocycles. The zero-order valence-corrected chi connectivity index (χ0v) is 8.11. The fourth-order valence-electron chi connectivity index (χ4n) is 0.744. The number of hydrogen-bond acceptors (Lipinski definition) is 3. The molecule has 0 spiro atoms. The largest absolute Gasteiger partial charge is 0.289 e. The first-order valence-corrected chi connectivity index (χ1v) is 4.21. The molecule has 11 heavy (non-hydrogen) atoms. The van der Waals surface area contributed by atoms with Crippen molar-refractivity contribution in [3.8, 4) is 0 Å². The highest BCUT2D eigenvalue weighted by atomic mass is 127. The normalized spacial score (nSPS) is 10.7. The molecule has 1 rings (SSSR count). The summed E-state index contributed by atoms with van der Waals surface area (Å²) in [6.45, 7) is 1.91. The molecule has 0 unspecified atom stereocenters. The molecule has 0 saturated heterocycles. The van der Waals surface area contributed by atoms with Crippen molar-refractivity contribution in [3.05, 3.63) is 11.8 Å². The van der Waals surface area contributed by atoms with Gasteiger partial charge in [-0.05, 0) is 29.5 Å². The van der Waals surface area contributed by atoms with Gasteiger partial charge in [0.2, 0.25) is 0 Å². The van der Waals surface area contributed by atoms with E-state index in [2.05, 4.69) is 10.1 Å². The zero-order chi connectivity index (χ0) is 8.27. The predicted molar refractivity (Wildman–Crippen MR) is 53.3 cm³/mol. The maximum Gasteiger partial charge on any atom is 0.160 e. The quantitative estimate of drug-likeness (QED) is 0.492. The summed E-state index contributed by atoms with van der Waals surface area (Å²) >= 11 is 2.03. The Kier molecular flexibility index (Phi) is 2.75. The summed E-state index contributed by atoms with van der Waals surface area (Å²) in [7, 11) is 0. The van der Waals surface area contributed by atoms with Crippen LogP contribution in [0.3, 0.4) is 0 Å². The number of rotatable bonds is 2. The van der Waals surface area contributed by atoms with E-state index in [9.17, 15) is 0 Å². The highest BCUT2D eigenvalue weighted by Gasteiger charge is 2.01. The molecular weight excluding hydrogens is 255 g/mol. The van der Waals surface area contributed by atoms with Gasteiger partial charge in [-0.1, -0.05) is 0 Å². The molecule has 0 radical (unpaired) electrons. The molecule has 4 nitrogen and oxygen atoms in total. The highest BCUT2D eigenvalue weighted by Crippen LogP contribution is 2.15. The highest BCUT2D eigenvalue weighted by molar-refractivity contribution is 14.1. The second-order valence-electron chi connectivity index (χ2n) is 1.95. The number of aliphatic imine (C=N–C) groups is 1. The number of hydrogen-bond donors (Lipinski definition) is 1. The summed E-state index contributed by atoms with van der Waals surface area (Å²) in [6.07, 6.45) is 2.82. The third-order valence-electron chi connectivity index (χ3n) is 1.24. The Hall–Kier alpha value is -0.720. The van der Waals surface area contributed by atoms with Gasteiger partial charge >= 0.3 is 0 Å². The first-order chi connectivity index (χ1) is 5.29. The average Bonchev–Trinajstić information content (AvgIpc) is 2.34. The second-order valence-corrected chi connectivity index (χ2v) is 2.51. The van der Waals surface area contributed by atoms with E-state index in [1.165, 1.54) is 4.68 Å². The molecule has 0 atom stereocenters. The fourth-order valence-corrected chi connectivity index (χ4v) is 1.01. The SMILES string of the molecule is Cc1cnn(C=N)c1/N=C\I. The van der Waals surface area contributed by atoms with E-state index in [1.54, 1.807) is 10.4 Å². The van der Waals surface area contributed by atoms with Crippen LogP contribution in [-0.2, 0) is 0 Å². The molecule has 1 aromatic rings. The van der Waals surface area contributed by atoms with Gasteiger partial charge in [-0.2, -0.15) is 5.10 Å². The average molecular weight is 262 g/mol. The minimum atomic E-state index is 0.717. The van der Waals surface area contributed by atoms with E-state index in [0.717, 1.165) is 17.7 Å². The van der Waals surface area contributed by atoms with Crippen LogP contribution in [0.2, 0.25) is 0 Å². The minimum absolute atomic E-state index is 0.717. The molecule has 0 aliphatic carbocycles. The molecule has 0 aliphatic rings. The van der Waals surface area contributed by atoms with E-state index < -0.39 is 0 Å². The van der Waals surface area contributed by atoms with Crippen molar-refractivity contribution >= 4 is 39.0 Å². The zero-order valence-electron chi connectivity index (χ0n) is 5.95. The van der Waals surface area contributed by atoms with E-state index in [1.807, 2.05) is 29.5 Å². The van der Waals surface area contributed by atoms with Crippen LogP contribution in [0.1, 0.15) is 5.56 Å². The maximum absolute atomic E-state index is 6.98. The van der Waals surface area contributed by atoms with E-state index in [0.29, 0.717) is 0 Å². The fraction of sp³-hybridized carbons (Fsp3) is 0.167. The Morgan fingerprint density at radius 1 is 1.82 bits per heavy atom. The molecule has 1 aromatic heterocycles. The number of aromatic nitrogens is 2. The van der Waals surface area contributed by atoms with Crippen LogP contribution in [0.5, 0.6) is 0 Å². The van der Waals surface area contributed by atoms with Crippen molar-refractivity contribution in [3.63, 3.8) is 0 Å². The van der Waals surface area contributed by atoms with Gasteiger partial charge in [0.15, 0.2) is 5.82 Å². The van der Waals surface area contributed by atoms with Crippen molar-refractivity contribution < 1.29 is 0 Å². The lowest BCUT2D eigenvalue weighted by Gasteiger charge is -1.93. The Morgan fingerprint density at radius 2 is 2.55 bits per heavy atom. The van der Waals surface area contributed by atoms with Crippen molar-refractivity contribution in [2.75, 3.05) is 0 Å². The van der Waals surface area contributed by atoms with E-state index >= 15 is 0 Å². The minimum Gasteiger partial charge on any atom is -0.289 e. The third kappa shape index (κ3) is 1.65. The first kappa shape index (κ1) is 8.38. The summed E-state index contributed by atoms with van der Waals surface area (Å²) in [4.78, 5) is 4.05. The predicted octanol–water partition coefficient (Wildman–Crippen LogP) is 1.74.